The molecule has 0 bridgehead atoms. The maximum Gasteiger partial charge on any atom is 0.434 e. The number of aromatic nitrogens is 2. The van der Waals surface area contributed by atoms with E-state index in [0.717, 1.165) is 12.5 Å². The predicted octanol–water partition coefficient (Wildman–Crippen LogP) is 5.48. The van der Waals surface area contributed by atoms with Crippen LogP contribution in [0.25, 0.3) is 16.8 Å². The maximum atomic E-state index is 13.5. The molecule has 0 saturated heterocycles. The molecule has 8 nitrogen and oxygen atoms in total. The molecule has 0 spiro atoms. The topological polar surface area (TPSA) is 96.3 Å². The summed E-state index contributed by atoms with van der Waals surface area (Å²) < 4.78 is 66.0. The molecule has 1 aliphatic heterocycles. The molecule has 40 heavy (non-hydrogen) atoms. The summed E-state index contributed by atoms with van der Waals surface area (Å²) in [5.74, 6) is -0.315. The van der Waals surface area contributed by atoms with E-state index in [1.54, 1.807) is 54.6 Å². The van der Waals surface area contributed by atoms with Gasteiger partial charge in [-0.15, -0.1) is 5.53 Å². The van der Waals surface area contributed by atoms with Crippen LogP contribution < -0.4 is 16.0 Å². The fraction of sp³-hybridized carbons (Fsp3) is 0.111. The quantitative estimate of drug-likeness (QED) is 0.289. The van der Waals surface area contributed by atoms with Gasteiger partial charge in [-0.05, 0) is 66.6 Å². The molecular formula is C27H21ClF3N5O3S. The number of allylic oxidation sites excluding steroid dienone is 1. The lowest BCUT2D eigenvalue weighted by atomic mass is 10.0. The summed E-state index contributed by atoms with van der Waals surface area (Å²) in [5, 5.41) is 1.86. The van der Waals surface area contributed by atoms with Crippen molar-refractivity contribution in [2.75, 3.05) is 11.3 Å². The Morgan fingerprint density at radius 3 is 2.33 bits per heavy atom. The molecule has 5 rings (SSSR count). The Morgan fingerprint density at radius 1 is 0.975 bits per heavy atom. The second kappa shape index (κ2) is 10.1. The second-order valence-corrected chi connectivity index (χ2v) is 11.5. The normalized spacial score (nSPS) is 13.8. The number of benzene rings is 3. The first-order valence-corrected chi connectivity index (χ1v) is 14.0. The third-order valence-corrected chi connectivity index (χ3v) is 7.57. The number of Topliss-reactive ketones (excluding diaryl/α,β-unsaturated/α-hetero) is 1. The van der Waals surface area contributed by atoms with Crippen molar-refractivity contribution in [1.29, 1.82) is 0 Å². The highest BCUT2D eigenvalue weighted by molar-refractivity contribution is 7.90. The number of sulfone groups is 1. The van der Waals surface area contributed by atoms with Gasteiger partial charge in [-0.25, -0.2) is 13.4 Å². The molecule has 0 radical (unpaired) electrons. The van der Waals surface area contributed by atoms with E-state index < -0.39 is 21.7 Å². The number of nitrogens with zero attached hydrogens (tertiary/aromatic N) is 3. The van der Waals surface area contributed by atoms with Crippen LogP contribution in [0.3, 0.4) is 0 Å². The van der Waals surface area contributed by atoms with Crippen LogP contribution in [0.5, 0.6) is 0 Å². The van der Waals surface area contributed by atoms with E-state index in [4.69, 9.17) is 11.6 Å². The van der Waals surface area contributed by atoms with Crippen LogP contribution in [-0.2, 0) is 16.0 Å². The van der Waals surface area contributed by atoms with Gasteiger partial charge in [0.15, 0.2) is 15.5 Å². The summed E-state index contributed by atoms with van der Waals surface area (Å²) in [7, 11) is -3.50. The Kier molecular flexibility index (Phi) is 6.94. The van der Waals surface area contributed by atoms with Crippen LogP contribution in [0.15, 0.2) is 89.7 Å². The molecule has 0 fully saturated rings. The van der Waals surface area contributed by atoms with Gasteiger partial charge in [0, 0.05) is 29.2 Å². The molecule has 13 heteroatoms. The molecule has 0 amide bonds. The number of carbonyl (C=O) groups is 1. The van der Waals surface area contributed by atoms with Crippen molar-refractivity contribution in [2.45, 2.75) is 18.0 Å². The average Bonchev–Trinajstić information content (AvgIpc) is 3.55. The SMILES string of the molecule is Cc1nc(C(F)(F)F)cn1-c1ccc(-c2cccc(S(C)(=O)=O)c2)cc1N1NNC=C1C(=O)c1ccc(Cl)cc1. The van der Waals surface area contributed by atoms with Crippen molar-refractivity contribution < 1.29 is 26.4 Å². The third-order valence-electron chi connectivity index (χ3n) is 6.21. The van der Waals surface area contributed by atoms with Crippen LogP contribution in [0.4, 0.5) is 18.9 Å². The van der Waals surface area contributed by atoms with Gasteiger partial charge in [-0.1, -0.05) is 29.8 Å². The highest BCUT2D eigenvalue weighted by Crippen LogP contribution is 2.36. The third kappa shape index (κ3) is 5.33. The number of ketones is 1. The van der Waals surface area contributed by atoms with Crippen LogP contribution in [-0.4, -0.2) is 30.0 Å². The van der Waals surface area contributed by atoms with E-state index in [1.807, 2.05) is 0 Å². The number of halogens is 4. The molecule has 2 heterocycles. The number of hydrogen-bond donors (Lipinski definition) is 2. The Balaban J connectivity index is 1.67. The highest BCUT2D eigenvalue weighted by Gasteiger charge is 2.35. The van der Waals surface area contributed by atoms with Crippen molar-refractivity contribution >= 4 is 32.9 Å². The summed E-state index contributed by atoms with van der Waals surface area (Å²) in [5.41, 5.74) is 6.75. The van der Waals surface area contributed by atoms with Crippen molar-refractivity contribution in [3.63, 3.8) is 0 Å². The van der Waals surface area contributed by atoms with E-state index in [9.17, 15) is 26.4 Å². The zero-order valence-electron chi connectivity index (χ0n) is 21.0. The van der Waals surface area contributed by atoms with E-state index in [-0.39, 0.29) is 27.9 Å². The highest BCUT2D eigenvalue weighted by atomic mass is 35.5. The summed E-state index contributed by atoms with van der Waals surface area (Å²) in [4.78, 5) is 17.2. The second-order valence-electron chi connectivity index (χ2n) is 9.00. The Morgan fingerprint density at radius 2 is 1.68 bits per heavy atom. The van der Waals surface area contributed by atoms with Crippen molar-refractivity contribution in [2.24, 2.45) is 0 Å². The van der Waals surface area contributed by atoms with E-state index in [1.165, 1.54) is 34.8 Å². The van der Waals surface area contributed by atoms with Gasteiger partial charge in [0.2, 0.25) is 5.78 Å². The zero-order chi connectivity index (χ0) is 28.8. The molecule has 2 N–H and O–H groups in total. The smallest absolute Gasteiger partial charge is 0.309 e. The van der Waals surface area contributed by atoms with Gasteiger partial charge in [-0.2, -0.15) is 13.2 Å². The van der Waals surface area contributed by atoms with Gasteiger partial charge in [0.25, 0.3) is 0 Å². The number of imidazole rings is 1. The minimum absolute atomic E-state index is 0.0714. The number of carbonyl (C=O) groups excluding carboxylic acids is 1. The van der Waals surface area contributed by atoms with Gasteiger partial charge < -0.3 is 9.99 Å². The van der Waals surface area contributed by atoms with Gasteiger partial charge >= 0.3 is 6.18 Å². The molecule has 1 aliphatic rings. The molecule has 1 aromatic heterocycles. The van der Waals surface area contributed by atoms with Crippen LogP contribution in [0.1, 0.15) is 21.9 Å². The number of alkyl halides is 3. The number of hydrogen-bond acceptors (Lipinski definition) is 7. The van der Waals surface area contributed by atoms with Crippen molar-refractivity contribution in [1.82, 2.24) is 20.5 Å². The number of aryl methyl sites for hydroxylation is 1. The summed E-state index contributed by atoms with van der Waals surface area (Å²) in [6, 6.07) is 17.4. The Hall–Kier alpha value is -4.13. The van der Waals surface area contributed by atoms with Crippen LogP contribution >= 0.6 is 11.6 Å². The first kappa shape index (κ1) is 27.4. The molecule has 0 aliphatic carbocycles. The fourth-order valence-corrected chi connectivity index (χ4v) is 5.03. The van der Waals surface area contributed by atoms with Gasteiger partial charge in [-0.3, -0.25) is 9.80 Å². The number of rotatable bonds is 6. The summed E-state index contributed by atoms with van der Waals surface area (Å²) >= 11 is 5.97. The number of anilines is 1. The summed E-state index contributed by atoms with van der Waals surface area (Å²) in [6.07, 6.45) is -1.25. The first-order chi connectivity index (χ1) is 18.8. The van der Waals surface area contributed by atoms with E-state index >= 15 is 0 Å². The van der Waals surface area contributed by atoms with Crippen molar-refractivity contribution in [3.05, 3.63) is 107 Å². The summed E-state index contributed by atoms with van der Waals surface area (Å²) in [6.45, 7) is 1.44. The standard InChI is InChI=1S/C27H21ClF3N5O3S/c1-16-33-25(27(29,30)31)15-35(16)22-11-8-19(18-4-3-5-21(12-18)40(2,38)39)13-23(22)36-24(14-32-34-36)26(37)17-6-9-20(28)10-7-17/h3-15,32,34H,1-2H3. The minimum Gasteiger partial charge on any atom is -0.309 e. The van der Waals surface area contributed by atoms with E-state index in [2.05, 4.69) is 15.9 Å². The average molecular weight is 588 g/mol. The lowest BCUT2D eigenvalue weighted by molar-refractivity contribution is -0.141. The van der Waals surface area contributed by atoms with Crippen molar-refractivity contribution in [3.8, 4) is 16.8 Å². The Labute approximate surface area is 232 Å². The first-order valence-electron chi connectivity index (χ1n) is 11.7. The lowest BCUT2D eigenvalue weighted by Crippen LogP contribution is -2.39. The largest absolute Gasteiger partial charge is 0.434 e. The molecular weight excluding hydrogens is 567 g/mol. The van der Waals surface area contributed by atoms with Crippen LogP contribution in [0, 0.1) is 6.92 Å². The molecule has 0 atom stereocenters. The maximum absolute atomic E-state index is 13.5. The van der Waals surface area contributed by atoms with Gasteiger partial charge in [0.1, 0.15) is 11.5 Å². The number of hydrazine groups is 2. The molecule has 4 aromatic rings. The number of nitrogens with one attached hydrogen (secondary N) is 2. The molecule has 0 saturated carbocycles. The van der Waals surface area contributed by atoms with E-state index in [0.29, 0.717) is 27.4 Å². The fourth-order valence-electron chi connectivity index (χ4n) is 4.24. The van der Waals surface area contributed by atoms with Crippen LogP contribution in [0.2, 0.25) is 5.02 Å². The minimum atomic E-state index is -4.66. The van der Waals surface area contributed by atoms with Gasteiger partial charge in [0.05, 0.1) is 16.3 Å². The molecule has 206 valence electrons. The predicted molar refractivity (Wildman–Crippen MR) is 144 cm³/mol. The zero-order valence-corrected chi connectivity index (χ0v) is 22.6. The lowest BCUT2D eigenvalue weighted by Gasteiger charge is -2.25. The monoisotopic (exact) mass is 587 g/mol. The molecule has 0 unspecified atom stereocenters. The molecule has 3 aromatic carbocycles. The Bertz CT molecular complexity index is 1770.